The standard InChI is InChI=1S/C26H35N5O4/c1-20(22-6-4-3-5-7-22)16-24(33)30-10-8-26(35,9-11-30)18-31-19-27-23(17-25(31)34)29-14-12-28(13-15-29)21(2)32/h3-7,17,19-20,35H,8-16,18H2,1-2H3/t20-/m1/s1. The van der Waals surface area contributed by atoms with Crippen LogP contribution in [0.15, 0.2) is 47.5 Å². The quantitative estimate of drug-likeness (QED) is 0.671. The molecular formula is C26H35N5O4. The molecule has 0 bridgehead atoms. The van der Waals surface area contributed by atoms with E-state index in [9.17, 15) is 19.5 Å². The molecule has 1 aromatic heterocycles. The summed E-state index contributed by atoms with van der Waals surface area (Å²) in [5.74, 6) is 0.878. The van der Waals surface area contributed by atoms with Crippen LogP contribution in [-0.4, -0.2) is 81.1 Å². The Labute approximate surface area is 206 Å². The van der Waals surface area contributed by atoms with Crippen molar-refractivity contribution in [1.29, 1.82) is 0 Å². The van der Waals surface area contributed by atoms with Crippen LogP contribution in [0.4, 0.5) is 5.82 Å². The van der Waals surface area contributed by atoms with Crippen molar-refractivity contribution in [2.24, 2.45) is 0 Å². The predicted molar refractivity (Wildman–Crippen MR) is 133 cm³/mol. The Balaban J connectivity index is 1.30. The van der Waals surface area contributed by atoms with Crippen LogP contribution in [0.1, 0.15) is 44.6 Å². The van der Waals surface area contributed by atoms with Gasteiger partial charge in [-0.3, -0.25) is 19.0 Å². The minimum absolute atomic E-state index is 0.0553. The number of carbonyl (C=O) groups is 2. The molecule has 3 heterocycles. The lowest BCUT2D eigenvalue weighted by Gasteiger charge is -2.39. The third-order valence-corrected chi connectivity index (χ3v) is 7.27. The fraction of sp³-hybridized carbons (Fsp3) is 0.538. The molecule has 9 heteroatoms. The number of aromatic nitrogens is 2. The molecule has 0 radical (unpaired) electrons. The molecule has 188 valence electrons. The third-order valence-electron chi connectivity index (χ3n) is 7.27. The summed E-state index contributed by atoms with van der Waals surface area (Å²) < 4.78 is 1.45. The number of anilines is 1. The van der Waals surface area contributed by atoms with E-state index in [0.29, 0.717) is 64.3 Å². The van der Waals surface area contributed by atoms with E-state index in [-0.39, 0.29) is 29.8 Å². The topological polar surface area (TPSA) is 99.0 Å². The number of hydrogen-bond acceptors (Lipinski definition) is 6. The van der Waals surface area contributed by atoms with Gasteiger partial charge in [0.1, 0.15) is 5.82 Å². The van der Waals surface area contributed by atoms with Gasteiger partial charge in [-0.25, -0.2) is 4.98 Å². The van der Waals surface area contributed by atoms with Crippen molar-refractivity contribution in [1.82, 2.24) is 19.4 Å². The Bertz CT molecular complexity index is 1090. The molecule has 9 nitrogen and oxygen atoms in total. The molecular weight excluding hydrogens is 446 g/mol. The zero-order valence-corrected chi connectivity index (χ0v) is 20.6. The second-order valence-electron chi connectivity index (χ2n) is 9.83. The van der Waals surface area contributed by atoms with Gasteiger partial charge in [0.25, 0.3) is 5.56 Å². The molecule has 0 aliphatic carbocycles. The number of rotatable bonds is 6. The van der Waals surface area contributed by atoms with Gasteiger partial charge in [0.05, 0.1) is 18.5 Å². The zero-order chi connectivity index (χ0) is 25.0. The lowest BCUT2D eigenvalue weighted by atomic mass is 9.90. The maximum atomic E-state index is 12.8. The molecule has 35 heavy (non-hydrogen) atoms. The summed E-state index contributed by atoms with van der Waals surface area (Å²) in [7, 11) is 0. The minimum Gasteiger partial charge on any atom is -0.388 e. The summed E-state index contributed by atoms with van der Waals surface area (Å²) in [5.41, 5.74) is -0.125. The number of nitrogens with zero attached hydrogens (tertiary/aromatic N) is 5. The van der Waals surface area contributed by atoms with Crippen molar-refractivity contribution in [3.05, 3.63) is 58.6 Å². The number of hydrogen-bond donors (Lipinski definition) is 1. The van der Waals surface area contributed by atoms with Crippen LogP contribution < -0.4 is 10.5 Å². The average Bonchev–Trinajstić information content (AvgIpc) is 2.86. The Morgan fingerprint density at radius 2 is 1.69 bits per heavy atom. The first kappa shape index (κ1) is 24.9. The van der Waals surface area contributed by atoms with Crippen LogP contribution in [-0.2, 0) is 16.1 Å². The Kier molecular flexibility index (Phi) is 7.54. The van der Waals surface area contributed by atoms with E-state index >= 15 is 0 Å². The summed E-state index contributed by atoms with van der Waals surface area (Å²) in [6.07, 6.45) is 2.76. The van der Waals surface area contributed by atoms with Gasteiger partial charge < -0.3 is 19.8 Å². The monoisotopic (exact) mass is 481 g/mol. The van der Waals surface area contributed by atoms with Gasteiger partial charge in [0, 0.05) is 58.7 Å². The second-order valence-corrected chi connectivity index (χ2v) is 9.83. The van der Waals surface area contributed by atoms with Crippen LogP contribution in [0.2, 0.25) is 0 Å². The van der Waals surface area contributed by atoms with Crippen molar-refractivity contribution < 1.29 is 14.7 Å². The van der Waals surface area contributed by atoms with E-state index in [2.05, 4.69) is 11.9 Å². The fourth-order valence-corrected chi connectivity index (χ4v) is 4.90. The van der Waals surface area contributed by atoms with E-state index in [1.54, 1.807) is 11.8 Å². The van der Waals surface area contributed by atoms with E-state index in [1.165, 1.54) is 17.0 Å². The molecule has 1 aromatic carbocycles. The second kappa shape index (κ2) is 10.6. The highest BCUT2D eigenvalue weighted by Crippen LogP contribution is 2.26. The smallest absolute Gasteiger partial charge is 0.255 e. The third kappa shape index (κ3) is 6.08. The number of likely N-dealkylation sites (tertiary alicyclic amines) is 1. The molecule has 2 aromatic rings. The van der Waals surface area contributed by atoms with Crippen LogP contribution in [0.5, 0.6) is 0 Å². The van der Waals surface area contributed by atoms with Gasteiger partial charge in [0.2, 0.25) is 11.8 Å². The molecule has 1 N–H and O–H groups in total. The largest absolute Gasteiger partial charge is 0.388 e. The van der Waals surface area contributed by atoms with Crippen LogP contribution in [0.3, 0.4) is 0 Å². The van der Waals surface area contributed by atoms with Gasteiger partial charge >= 0.3 is 0 Å². The summed E-state index contributed by atoms with van der Waals surface area (Å²) >= 11 is 0. The molecule has 1 atom stereocenters. The number of benzene rings is 1. The minimum atomic E-state index is -1.05. The summed E-state index contributed by atoms with van der Waals surface area (Å²) in [4.78, 5) is 47.1. The fourth-order valence-electron chi connectivity index (χ4n) is 4.90. The average molecular weight is 482 g/mol. The van der Waals surface area contributed by atoms with Crippen LogP contribution in [0, 0.1) is 0 Å². The Morgan fingerprint density at radius 3 is 2.29 bits per heavy atom. The highest BCUT2D eigenvalue weighted by atomic mass is 16.3. The highest BCUT2D eigenvalue weighted by molar-refractivity contribution is 5.77. The molecule has 4 rings (SSSR count). The molecule has 0 unspecified atom stereocenters. The number of piperidine rings is 1. The molecule has 0 saturated carbocycles. The Morgan fingerprint density at radius 1 is 1.03 bits per heavy atom. The Hall–Kier alpha value is -3.20. The summed E-state index contributed by atoms with van der Waals surface area (Å²) in [6, 6.07) is 11.5. The van der Waals surface area contributed by atoms with Crippen molar-refractivity contribution in [3.63, 3.8) is 0 Å². The maximum Gasteiger partial charge on any atom is 0.255 e. The normalized spacial score (nSPS) is 18.9. The number of carbonyl (C=O) groups excluding carboxylic acids is 2. The molecule has 2 amide bonds. The van der Waals surface area contributed by atoms with Crippen molar-refractivity contribution in [2.75, 3.05) is 44.2 Å². The van der Waals surface area contributed by atoms with E-state index < -0.39 is 5.60 Å². The molecule has 2 fully saturated rings. The molecule has 0 spiro atoms. The van der Waals surface area contributed by atoms with Gasteiger partial charge in [-0.15, -0.1) is 0 Å². The molecule has 2 aliphatic rings. The first-order chi connectivity index (χ1) is 16.7. The van der Waals surface area contributed by atoms with Crippen molar-refractivity contribution >= 4 is 17.6 Å². The van der Waals surface area contributed by atoms with E-state index in [1.807, 2.05) is 40.1 Å². The van der Waals surface area contributed by atoms with Crippen molar-refractivity contribution in [3.8, 4) is 0 Å². The van der Waals surface area contributed by atoms with E-state index in [4.69, 9.17) is 0 Å². The number of piperazine rings is 1. The number of aliphatic hydroxyl groups is 1. The molecule has 2 aliphatic heterocycles. The van der Waals surface area contributed by atoms with E-state index in [0.717, 1.165) is 5.56 Å². The lowest BCUT2D eigenvalue weighted by Crippen LogP contribution is -2.50. The molecule has 2 saturated heterocycles. The maximum absolute atomic E-state index is 12.8. The number of amides is 2. The summed E-state index contributed by atoms with van der Waals surface area (Å²) in [6.45, 7) is 7.19. The predicted octanol–water partition coefficient (Wildman–Crippen LogP) is 1.46. The first-order valence-corrected chi connectivity index (χ1v) is 12.4. The van der Waals surface area contributed by atoms with Crippen molar-refractivity contribution in [2.45, 2.75) is 51.2 Å². The zero-order valence-electron chi connectivity index (χ0n) is 20.6. The lowest BCUT2D eigenvalue weighted by molar-refractivity contribution is -0.136. The van der Waals surface area contributed by atoms with Gasteiger partial charge in [-0.05, 0) is 24.3 Å². The van der Waals surface area contributed by atoms with Crippen LogP contribution >= 0.6 is 0 Å². The van der Waals surface area contributed by atoms with Gasteiger partial charge in [-0.1, -0.05) is 37.3 Å². The highest BCUT2D eigenvalue weighted by Gasteiger charge is 2.35. The van der Waals surface area contributed by atoms with Gasteiger partial charge in [-0.2, -0.15) is 0 Å². The first-order valence-electron chi connectivity index (χ1n) is 12.4. The summed E-state index contributed by atoms with van der Waals surface area (Å²) in [5, 5.41) is 11.1. The SMILES string of the molecule is CC(=O)N1CCN(c2cc(=O)n(CC3(O)CCN(C(=O)C[C@@H](C)c4ccccc4)CC3)cn2)CC1. The van der Waals surface area contributed by atoms with Gasteiger partial charge in [0.15, 0.2) is 0 Å². The van der Waals surface area contributed by atoms with Crippen LogP contribution in [0.25, 0.3) is 0 Å².